The fourth-order valence-electron chi connectivity index (χ4n) is 3.36. The first-order valence-corrected chi connectivity index (χ1v) is 9.99. The molecule has 0 saturated heterocycles. The maximum Gasteiger partial charge on any atom is 0.177 e. The zero-order valence-electron chi connectivity index (χ0n) is 14.0. The molecule has 4 rings (SSSR count). The molecule has 0 bridgehead atoms. The Kier molecular flexibility index (Phi) is 3.32. The molecular weight excluding hydrogens is 320 g/mol. The van der Waals surface area contributed by atoms with Gasteiger partial charge in [0.1, 0.15) is 11.3 Å². The van der Waals surface area contributed by atoms with Crippen LogP contribution in [0.1, 0.15) is 40.8 Å². The van der Waals surface area contributed by atoms with E-state index in [0.717, 1.165) is 17.8 Å². The average Bonchev–Trinajstić information content (AvgIpc) is 3.19. The van der Waals surface area contributed by atoms with Crippen molar-refractivity contribution in [1.29, 1.82) is 0 Å². The van der Waals surface area contributed by atoms with Gasteiger partial charge in [0.05, 0.1) is 10.4 Å². The van der Waals surface area contributed by atoms with Crippen LogP contribution < -0.4 is 0 Å². The van der Waals surface area contributed by atoms with Gasteiger partial charge in [0, 0.05) is 12.2 Å². The number of imidazole rings is 1. The summed E-state index contributed by atoms with van der Waals surface area (Å²) in [5.41, 5.74) is 5.30. The van der Waals surface area contributed by atoms with E-state index in [1.54, 1.807) is 12.1 Å². The lowest BCUT2D eigenvalue weighted by Gasteiger charge is -2.04. The summed E-state index contributed by atoms with van der Waals surface area (Å²) < 4.78 is 23.9. The van der Waals surface area contributed by atoms with Gasteiger partial charge in [-0.3, -0.25) is 0 Å². The number of hydrogen-bond acceptors (Lipinski definition) is 3. The summed E-state index contributed by atoms with van der Waals surface area (Å²) in [4.78, 5) is 8.24. The van der Waals surface area contributed by atoms with Crippen LogP contribution in [-0.2, 0) is 9.84 Å². The van der Waals surface area contributed by atoms with Gasteiger partial charge in [0.25, 0.3) is 0 Å². The van der Waals surface area contributed by atoms with E-state index in [-0.39, 0.29) is 0 Å². The Bertz CT molecular complexity index is 1050. The van der Waals surface area contributed by atoms with Crippen molar-refractivity contribution in [2.45, 2.75) is 37.0 Å². The molecule has 2 atom stereocenters. The maximum atomic E-state index is 11.9. The summed E-state index contributed by atoms with van der Waals surface area (Å²) in [6.45, 7) is 4.26. The molecule has 1 aliphatic rings. The number of aromatic amines is 1. The lowest BCUT2D eigenvalue weighted by Crippen LogP contribution is -1.97. The Labute approximate surface area is 141 Å². The predicted molar refractivity (Wildman–Crippen MR) is 95.2 cm³/mol. The van der Waals surface area contributed by atoms with Crippen LogP contribution >= 0.6 is 0 Å². The zero-order valence-corrected chi connectivity index (χ0v) is 14.8. The highest BCUT2D eigenvalue weighted by molar-refractivity contribution is 7.91. The number of para-hydroxylation sites is 1. The summed E-state index contributed by atoms with van der Waals surface area (Å²) in [5, 5.41) is 0. The Morgan fingerprint density at radius 1 is 1.08 bits per heavy atom. The van der Waals surface area contributed by atoms with Gasteiger partial charge >= 0.3 is 0 Å². The predicted octanol–water partition coefficient (Wildman–Crippen LogP) is 3.85. The number of aryl methyl sites for hydroxylation is 2. The molecule has 0 amide bonds. The third kappa shape index (κ3) is 2.53. The Morgan fingerprint density at radius 2 is 1.88 bits per heavy atom. The third-order valence-corrected chi connectivity index (χ3v) is 6.12. The third-order valence-electron chi connectivity index (χ3n) is 4.99. The van der Waals surface area contributed by atoms with Gasteiger partial charge in [-0.05, 0) is 55.0 Å². The van der Waals surface area contributed by atoms with Crippen molar-refractivity contribution in [1.82, 2.24) is 9.97 Å². The van der Waals surface area contributed by atoms with Crippen LogP contribution in [0.15, 0.2) is 41.3 Å². The minimum Gasteiger partial charge on any atom is -0.342 e. The van der Waals surface area contributed by atoms with Crippen LogP contribution in [0.3, 0.4) is 0 Å². The first-order chi connectivity index (χ1) is 11.3. The molecular formula is C19H20N2O2S. The molecule has 2 aromatic carbocycles. The van der Waals surface area contributed by atoms with Crippen molar-refractivity contribution >= 4 is 20.9 Å². The second kappa shape index (κ2) is 5.18. The largest absolute Gasteiger partial charge is 0.342 e. The van der Waals surface area contributed by atoms with E-state index >= 15 is 0 Å². The molecule has 3 aromatic rings. The molecule has 4 nitrogen and oxygen atoms in total. The number of sulfone groups is 1. The minimum atomic E-state index is -3.28. The number of fused-ring (bicyclic) bond motifs is 1. The molecule has 5 heteroatoms. The minimum absolute atomic E-state index is 0.297. The summed E-state index contributed by atoms with van der Waals surface area (Å²) in [6.07, 6.45) is 2.28. The maximum absolute atomic E-state index is 11.9. The summed E-state index contributed by atoms with van der Waals surface area (Å²) in [5.74, 6) is 1.70. The number of aromatic nitrogens is 2. The van der Waals surface area contributed by atoms with Crippen molar-refractivity contribution in [2.75, 3.05) is 6.26 Å². The number of H-pyrrole nitrogens is 1. The molecule has 1 saturated carbocycles. The molecule has 1 N–H and O–H groups in total. The molecule has 1 fully saturated rings. The van der Waals surface area contributed by atoms with Crippen LogP contribution in [0.4, 0.5) is 0 Å². The van der Waals surface area contributed by atoms with Crippen LogP contribution in [0.2, 0.25) is 0 Å². The number of nitrogens with one attached hydrogen (secondary N) is 1. The zero-order chi connectivity index (χ0) is 17.1. The highest BCUT2D eigenvalue weighted by Crippen LogP contribution is 2.54. The fourth-order valence-corrected chi connectivity index (χ4v) is 4.19. The second-order valence-electron chi connectivity index (χ2n) is 6.84. The standard InChI is InChI=1S/C19H20N2O2S/c1-11-7-8-13(9-12(11)2)14-10-15(14)19-20-16-5-4-6-17(18(16)21-19)24(3,22)23/h4-9,14-15H,10H2,1-3H3,(H,20,21). The number of nitrogens with zero attached hydrogens (tertiary/aromatic N) is 1. The van der Waals surface area contributed by atoms with E-state index in [9.17, 15) is 8.42 Å². The van der Waals surface area contributed by atoms with Gasteiger partial charge in [-0.15, -0.1) is 0 Å². The van der Waals surface area contributed by atoms with Crippen molar-refractivity contribution in [3.8, 4) is 0 Å². The highest BCUT2D eigenvalue weighted by Gasteiger charge is 2.42. The second-order valence-corrected chi connectivity index (χ2v) is 8.82. The molecule has 0 radical (unpaired) electrons. The lowest BCUT2D eigenvalue weighted by atomic mass is 10.0. The number of rotatable bonds is 3. The molecule has 1 aliphatic carbocycles. The van der Waals surface area contributed by atoms with Crippen LogP contribution in [0, 0.1) is 13.8 Å². The quantitative estimate of drug-likeness (QED) is 0.787. The van der Waals surface area contributed by atoms with Crippen molar-refractivity contribution in [2.24, 2.45) is 0 Å². The molecule has 0 aliphatic heterocycles. The van der Waals surface area contributed by atoms with Crippen molar-refractivity contribution in [3.63, 3.8) is 0 Å². The topological polar surface area (TPSA) is 62.8 Å². The molecule has 24 heavy (non-hydrogen) atoms. The van der Waals surface area contributed by atoms with Gasteiger partial charge in [-0.1, -0.05) is 24.3 Å². The van der Waals surface area contributed by atoms with E-state index in [1.165, 1.54) is 22.9 Å². The molecule has 1 heterocycles. The van der Waals surface area contributed by atoms with Crippen molar-refractivity contribution in [3.05, 3.63) is 58.9 Å². The van der Waals surface area contributed by atoms with E-state index in [0.29, 0.717) is 22.2 Å². The van der Waals surface area contributed by atoms with Crippen LogP contribution in [-0.4, -0.2) is 24.6 Å². The number of hydrogen-bond donors (Lipinski definition) is 1. The first kappa shape index (κ1) is 15.4. The summed E-state index contributed by atoms with van der Waals surface area (Å²) >= 11 is 0. The molecule has 2 unspecified atom stereocenters. The average molecular weight is 340 g/mol. The van der Waals surface area contributed by atoms with Crippen LogP contribution in [0.5, 0.6) is 0 Å². The van der Waals surface area contributed by atoms with Crippen molar-refractivity contribution < 1.29 is 8.42 Å². The molecule has 1 aromatic heterocycles. The van der Waals surface area contributed by atoms with Crippen LogP contribution in [0.25, 0.3) is 11.0 Å². The highest BCUT2D eigenvalue weighted by atomic mass is 32.2. The van der Waals surface area contributed by atoms with Gasteiger partial charge in [0.2, 0.25) is 0 Å². The summed E-state index contributed by atoms with van der Waals surface area (Å²) in [7, 11) is -3.28. The normalized spacial score (nSPS) is 20.5. The smallest absolute Gasteiger partial charge is 0.177 e. The van der Waals surface area contributed by atoms with Gasteiger partial charge in [-0.25, -0.2) is 13.4 Å². The van der Waals surface area contributed by atoms with Gasteiger partial charge < -0.3 is 4.98 Å². The van der Waals surface area contributed by atoms with Gasteiger partial charge in [0.15, 0.2) is 9.84 Å². The van der Waals surface area contributed by atoms with E-state index in [4.69, 9.17) is 0 Å². The number of benzene rings is 2. The first-order valence-electron chi connectivity index (χ1n) is 8.10. The van der Waals surface area contributed by atoms with E-state index in [2.05, 4.69) is 42.0 Å². The molecule has 0 spiro atoms. The van der Waals surface area contributed by atoms with E-state index < -0.39 is 9.84 Å². The monoisotopic (exact) mass is 340 g/mol. The Morgan fingerprint density at radius 3 is 2.58 bits per heavy atom. The SMILES string of the molecule is Cc1ccc(C2CC2c2nc3c(S(C)(=O)=O)cccc3[nH]2)cc1C. The Hall–Kier alpha value is -2.14. The van der Waals surface area contributed by atoms with Gasteiger partial charge in [-0.2, -0.15) is 0 Å². The summed E-state index contributed by atoms with van der Waals surface area (Å²) in [6, 6.07) is 11.9. The Balaban J connectivity index is 1.70. The van der Waals surface area contributed by atoms with E-state index in [1.807, 2.05) is 6.07 Å². The fraction of sp³-hybridized carbons (Fsp3) is 0.316. The molecule has 124 valence electrons. The lowest BCUT2D eigenvalue weighted by molar-refractivity contribution is 0.602.